The van der Waals surface area contributed by atoms with Crippen LogP contribution in [0.5, 0.6) is 0 Å². The second kappa shape index (κ2) is 2.19. The SMILES string of the molecule is [CH2]C(C)C(C)O. The monoisotopic (exact) mass is 87.1 g/mol. The molecule has 0 aliphatic heterocycles. The van der Waals surface area contributed by atoms with Gasteiger partial charge in [0.25, 0.3) is 0 Å². The molecule has 6 heavy (non-hydrogen) atoms. The Hall–Kier alpha value is -0.0400. The average molecular weight is 87.1 g/mol. The summed E-state index contributed by atoms with van der Waals surface area (Å²) in [4.78, 5) is 0. The average Bonchev–Trinajstić information content (AvgIpc) is 1.36. The standard InChI is InChI=1S/C5H11O/c1-4(2)5(3)6/h4-6H,1H2,2-3H3. The molecule has 0 aromatic heterocycles. The zero-order chi connectivity index (χ0) is 5.15. The zero-order valence-corrected chi connectivity index (χ0v) is 4.31. The molecule has 0 saturated heterocycles. The molecule has 1 heteroatoms. The van der Waals surface area contributed by atoms with Crippen LogP contribution < -0.4 is 0 Å². The van der Waals surface area contributed by atoms with Crippen molar-refractivity contribution in [1.82, 2.24) is 0 Å². The molecule has 0 aromatic rings. The first-order chi connectivity index (χ1) is 2.64. The summed E-state index contributed by atoms with van der Waals surface area (Å²) in [5, 5.41) is 8.57. The minimum atomic E-state index is -0.259. The Bertz CT molecular complexity index is 24.9. The van der Waals surface area contributed by atoms with Crippen LogP contribution in [0.25, 0.3) is 0 Å². The maximum Gasteiger partial charge on any atom is 0.0537 e. The van der Waals surface area contributed by atoms with Gasteiger partial charge in [0.2, 0.25) is 0 Å². The first-order valence-corrected chi connectivity index (χ1v) is 2.15. The Labute approximate surface area is 39.0 Å². The molecule has 0 aliphatic carbocycles. The highest BCUT2D eigenvalue weighted by Crippen LogP contribution is 1.95. The van der Waals surface area contributed by atoms with Crippen molar-refractivity contribution in [1.29, 1.82) is 0 Å². The van der Waals surface area contributed by atoms with Crippen LogP contribution >= 0.6 is 0 Å². The van der Waals surface area contributed by atoms with Crippen LogP contribution in [0.3, 0.4) is 0 Å². The van der Waals surface area contributed by atoms with Gasteiger partial charge in [0, 0.05) is 0 Å². The van der Waals surface area contributed by atoms with Gasteiger partial charge in [0.05, 0.1) is 6.10 Å². The summed E-state index contributed by atoms with van der Waals surface area (Å²) in [7, 11) is 0. The van der Waals surface area contributed by atoms with Crippen LogP contribution in [0, 0.1) is 12.8 Å². The Balaban J connectivity index is 2.99. The van der Waals surface area contributed by atoms with E-state index in [9.17, 15) is 0 Å². The van der Waals surface area contributed by atoms with Crippen molar-refractivity contribution in [2.75, 3.05) is 0 Å². The highest BCUT2D eigenvalue weighted by atomic mass is 16.3. The summed E-state index contributed by atoms with van der Waals surface area (Å²) in [5.74, 6) is 0.157. The molecular weight excluding hydrogens is 76.1 g/mol. The van der Waals surface area contributed by atoms with Gasteiger partial charge in [-0.15, -0.1) is 0 Å². The van der Waals surface area contributed by atoms with E-state index in [1.165, 1.54) is 0 Å². The molecule has 0 bridgehead atoms. The number of aliphatic hydroxyl groups is 1. The van der Waals surface area contributed by atoms with Gasteiger partial charge in [0.1, 0.15) is 0 Å². The summed E-state index contributed by atoms with van der Waals surface area (Å²) in [5.41, 5.74) is 0. The lowest BCUT2D eigenvalue weighted by molar-refractivity contribution is 0.156. The molecule has 0 fully saturated rings. The molecule has 0 saturated carbocycles. The fraction of sp³-hybridized carbons (Fsp3) is 0.800. The third-order valence-electron chi connectivity index (χ3n) is 0.824. The molecule has 0 heterocycles. The molecule has 1 nitrogen and oxygen atoms in total. The topological polar surface area (TPSA) is 20.2 Å². The van der Waals surface area contributed by atoms with Crippen LogP contribution in [0.2, 0.25) is 0 Å². The van der Waals surface area contributed by atoms with Crippen LogP contribution in [-0.4, -0.2) is 11.2 Å². The van der Waals surface area contributed by atoms with Crippen LogP contribution in [0.4, 0.5) is 0 Å². The van der Waals surface area contributed by atoms with Crippen molar-refractivity contribution in [2.45, 2.75) is 20.0 Å². The van der Waals surface area contributed by atoms with Crippen molar-refractivity contribution < 1.29 is 5.11 Å². The van der Waals surface area contributed by atoms with Crippen molar-refractivity contribution in [3.05, 3.63) is 6.92 Å². The van der Waals surface area contributed by atoms with Gasteiger partial charge in [0.15, 0.2) is 0 Å². The molecule has 0 amide bonds. The van der Waals surface area contributed by atoms with E-state index in [1.54, 1.807) is 6.92 Å². The predicted molar refractivity (Wildman–Crippen MR) is 26.2 cm³/mol. The van der Waals surface area contributed by atoms with Gasteiger partial charge in [-0.25, -0.2) is 0 Å². The summed E-state index contributed by atoms with van der Waals surface area (Å²) in [6.45, 7) is 7.20. The minimum absolute atomic E-state index is 0.157. The van der Waals surface area contributed by atoms with Crippen molar-refractivity contribution in [2.24, 2.45) is 5.92 Å². The van der Waals surface area contributed by atoms with Gasteiger partial charge in [-0.2, -0.15) is 0 Å². The summed E-state index contributed by atoms with van der Waals surface area (Å²) < 4.78 is 0. The molecule has 1 radical (unpaired) electrons. The molecule has 1 N–H and O–H groups in total. The molecular formula is C5H11O. The van der Waals surface area contributed by atoms with Crippen LogP contribution in [0.1, 0.15) is 13.8 Å². The van der Waals surface area contributed by atoms with Gasteiger partial charge in [-0.3, -0.25) is 0 Å². The molecule has 0 spiro atoms. The van der Waals surface area contributed by atoms with E-state index in [0.717, 1.165) is 0 Å². The lowest BCUT2D eigenvalue weighted by atomic mass is 10.1. The predicted octanol–water partition coefficient (Wildman–Crippen LogP) is 0.837. The van der Waals surface area contributed by atoms with E-state index < -0.39 is 0 Å². The summed E-state index contributed by atoms with van der Waals surface area (Å²) >= 11 is 0. The third kappa shape index (κ3) is 2.21. The second-order valence-corrected chi connectivity index (χ2v) is 1.72. The number of hydrogen-bond donors (Lipinski definition) is 1. The first-order valence-electron chi connectivity index (χ1n) is 2.15. The second-order valence-electron chi connectivity index (χ2n) is 1.72. The smallest absolute Gasteiger partial charge is 0.0537 e. The first kappa shape index (κ1) is 5.96. The highest BCUT2D eigenvalue weighted by Gasteiger charge is 1.97. The van der Waals surface area contributed by atoms with Crippen molar-refractivity contribution in [3.63, 3.8) is 0 Å². The van der Waals surface area contributed by atoms with Crippen LogP contribution in [0.15, 0.2) is 0 Å². The van der Waals surface area contributed by atoms with Gasteiger partial charge in [-0.05, 0) is 19.8 Å². The highest BCUT2D eigenvalue weighted by molar-refractivity contribution is 4.58. The number of hydrogen-bond acceptors (Lipinski definition) is 1. The number of aliphatic hydroxyl groups excluding tert-OH is 1. The maximum atomic E-state index is 8.57. The normalized spacial score (nSPS) is 15.5. The van der Waals surface area contributed by atoms with E-state index in [4.69, 9.17) is 5.11 Å². The van der Waals surface area contributed by atoms with Crippen molar-refractivity contribution >= 4 is 0 Å². The Kier molecular flexibility index (Phi) is 2.18. The third-order valence-corrected chi connectivity index (χ3v) is 0.824. The molecule has 0 rings (SSSR count). The van der Waals surface area contributed by atoms with Crippen LogP contribution in [-0.2, 0) is 0 Å². The van der Waals surface area contributed by atoms with E-state index in [-0.39, 0.29) is 12.0 Å². The van der Waals surface area contributed by atoms with Gasteiger partial charge in [-0.1, -0.05) is 6.92 Å². The largest absolute Gasteiger partial charge is 0.393 e. The molecule has 2 atom stereocenters. The summed E-state index contributed by atoms with van der Waals surface area (Å²) in [6, 6.07) is 0. The maximum absolute atomic E-state index is 8.57. The molecule has 0 aromatic carbocycles. The molecule has 2 unspecified atom stereocenters. The lowest BCUT2D eigenvalue weighted by Gasteiger charge is -2.04. The quantitative estimate of drug-likeness (QED) is 0.502. The van der Waals surface area contributed by atoms with Gasteiger partial charge >= 0.3 is 0 Å². The van der Waals surface area contributed by atoms with E-state index in [0.29, 0.717) is 0 Å². The Morgan fingerprint density at radius 1 is 1.50 bits per heavy atom. The zero-order valence-electron chi connectivity index (χ0n) is 4.31. The molecule has 37 valence electrons. The van der Waals surface area contributed by atoms with E-state index in [1.807, 2.05) is 6.92 Å². The van der Waals surface area contributed by atoms with Crippen molar-refractivity contribution in [3.8, 4) is 0 Å². The minimum Gasteiger partial charge on any atom is -0.393 e. The van der Waals surface area contributed by atoms with Gasteiger partial charge < -0.3 is 5.11 Å². The molecule has 0 aliphatic rings. The number of rotatable bonds is 1. The summed E-state index contributed by atoms with van der Waals surface area (Å²) in [6.07, 6.45) is -0.259. The fourth-order valence-electron chi connectivity index (χ4n) is 0. The Morgan fingerprint density at radius 2 is 1.67 bits per heavy atom. The van der Waals surface area contributed by atoms with E-state index >= 15 is 0 Å². The lowest BCUT2D eigenvalue weighted by Crippen LogP contribution is -2.07. The Morgan fingerprint density at radius 3 is 1.67 bits per heavy atom. The fourth-order valence-corrected chi connectivity index (χ4v) is 0. The van der Waals surface area contributed by atoms with E-state index in [2.05, 4.69) is 6.92 Å².